The first-order valence-electron chi connectivity index (χ1n) is 12.5. The molecule has 4 rings (SSSR count). The highest BCUT2D eigenvalue weighted by Gasteiger charge is 2.32. The van der Waals surface area contributed by atoms with Crippen LogP contribution in [-0.2, 0) is 4.79 Å². The molecule has 0 radical (unpaired) electrons. The van der Waals surface area contributed by atoms with Gasteiger partial charge in [0.25, 0.3) is 0 Å². The topological polar surface area (TPSA) is 144 Å². The van der Waals surface area contributed by atoms with Crippen LogP contribution >= 0.6 is 12.4 Å². The summed E-state index contributed by atoms with van der Waals surface area (Å²) in [6, 6.07) is 10.0. The van der Waals surface area contributed by atoms with Crippen molar-refractivity contribution in [2.45, 2.75) is 38.3 Å². The maximum Gasteiger partial charge on any atom is 0.228 e. The molecule has 4 N–H and O–H groups in total. The first-order chi connectivity index (χ1) is 18.3. The average Bonchev–Trinajstić information content (AvgIpc) is 2.93. The number of halogens is 2. The molecule has 208 valence electrons. The summed E-state index contributed by atoms with van der Waals surface area (Å²) in [6.07, 6.45) is 1.80. The van der Waals surface area contributed by atoms with Gasteiger partial charge in [-0.1, -0.05) is 25.5 Å². The van der Waals surface area contributed by atoms with Gasteiger partial charge in [-0.25, -0.2) is 9.37 Å². The number of nitrogen functional groups attached to an aromatic ring is 1. The summed E-state index contributed by atoms with van der Waals surface area (Å²) in [5.41, 5.74) is 13.9. The third kappa shape index (κ3) is 6.08. The number of nitrogens with two attached hydrogens (primary N) is 2. The zero-order valence-electron chi connectivity index (χ0n) is 22.2. The van der Waals surface area contributed by atoms with Gasteiger partial charge in [-0.3, -0.25) is 4.79 Å². The van der Waals surface area contributed by atoms with Gasteiger partial charge in [0.15, 0.2) is 17.3 Å². The molecule has 0 spiro atoms. The normalized spacial score (nSPS) is 15.8. The second-order valence-corrected chi connectivity index (χ2v) is 9.25. The fourth-order valence-corrected chi connectivity index (χ4v) is 4.83. The van der Waals surface area contributed by atoms with Crippen LogP contribution in [0.5, 0.6) is 11.5 Å². The molecule has 0 aliphatic carbocycles. The number of benzene rings is 2. The lowest BCUT2D eigenvalue weighted by atomic mass is 10.0. The van der Waals surface area contributed by atoms with E-state index in [1.165, 1.54) is 14.2 Å². The molecule has 2 atom stereocenters. The summed E-state index contributed by atoms with van der Waals surface area (Å²) in [5, 5.41) is 9.32. The van der Waals surface area contributed by atoms with E-state index in [4.69, 9.17) is 26.2 Å². The standard InChI is InChI=1S/C27H32FN7O3.ClH/c1-4-5-18-15-34(22(36)13-20(30)17-8-6-16(14-29)7-9-17)10-11-35(18)27-32-24-19(26(31)33-27)12-21(37-2)25(38-3)23(24)28;/h6-9,12,18,20H,4-5,10-11,13,15,30H2,1-3H3,(H2,31,32,33);1H/t18?,20-;/m1./s1. The van der Waals surface area contributed by atoms with Crippen molar-refractivity contribution in [1.29, 1.82) is 5.26 Å². The van der Waals surface area contributed by atoms with Gasteiger partial charge < -0.3 is 30.7 Å². The molecular formula is C27H33ClFN7O3. The van der Waals surface area contributed by atoms with E-state index in [1.807, 2.05) is 4.90 Å². The Kier molecular flexibility index (Phi) is 9.72. The molecule has 0 saturated carbocycles. The maximum atomic E-state index is 15.3. The third-order valence-electron chi connectivity index (χ3n) is 6.87. The van der Waals surface area contributed by atoms with Crippen molar-refractivity contribution in [2.24, 2.45) is 5.73 Å². The summed E-state index contributed by atoms with van der Waals surface area (Å²) >= 11 is 0. The van der Waals surface area contributed by atoms with E-state index in [0.717, 1.165) is 18.4 Å². The number of ether oxygens (including phenoxy) is 2. The Morgan fingerprint density at radius 2 is 1.95 bits per heavy atom. The SMILES string of the molecule is CCCC1CN(C(=O)C[C@@H](N)c2ccc(C#N)cc2)CCN1c1nc(N)c2cc(OC)c(OC)c(F)c2n1.Cl. The number of fused-ring (bicyclic) bond motifs is 1. The highest BCUT2D eigenvalue weighted by Crippen LogP contribution is 2.38. The molecular weight excluding hydrogens is 525 g/mol. The van der Waals surface area contributed by atoms with E-state index < -0.39 is 11.9 Å². The van der Waals surface area contributed by atoms with Crippen LogP contribution in [0.3, 0.4) is 0 Å². The molecule has 1 unspecified atom stereocenters. The van der Waals surface area contributed by atoms with Gasteiger partial charge in [0, 0.05) is 43.5 Å². The predicted molar refractivity (Wildman–Crippen MR) is 150 cm³/mol. The van der Waals surface area contributed by atoms with Crippen molar-refractivity contribution < 1.29 is 18.7 Å². The van der Waals surface area contributed by atoms with Crippen LogP contribution in [0.15, 0.2) is 30.3 Å². The minimum Gasteiger partial charge on any atom is -0.493 e. The summed E-state index contributed by atoms with van der Waals surface area (Å²) in [4.78, 5) is 26.0. The van der Waals surface area contributed by atoms with E-state index in [-0.39, 0.29) is 53.6 Å². The molecule has 1 fully saturated rings. The number of carbonyl (C=O) groups excluding carboxylic acids is 1. The number of nitriles is 1. The minimum atomic E-state index is -0.671. The molecule has 3 aromatic rings. The highest BCUT2D eigenvalue weighted by atomic mass is 35.5. The number of hydrogen-bond acceptors (Lipinski definition) is 9. The monoisotopic (exact) mass is 557 g/mol. The van der Waals surface area contributed by atoms with E-state index in [2.05, 4.69) is 23.0 Å². The first-order valence-corrected chi connectivity index (χ1v) is 12.5. The van der Waals surface area contributed by atoms with Crippen molar-refractivity contribution in [1.82, 2.24) is 14.9 Å². The molecule has 0 bridgehead atoms. The van der Waals surface area contributed by atoms with Gasteiger partial charge in [0.2, 0.25) is 11.9 Å². The first kappa shape index (κ1) is 29.7. The number of aromatic nitrogens is 2. The third-order valence-corrected chi connectivity index (χ3v) is 6.87. The van der Waals surface area contributed by atoms with Crippen LogP contribution < -0.4 is 25.8 Å². The van der Waals surface area contributed by atoms with Crippen molar-refractivity contribution >= 4 is 41.0 Å². The second kappa shape index (κ2) is 12.8. The molecule has 1 aliphatic rings. The van der Waals surface area contributed by atoms with Crippen LogP contribution in [-0.4, -0.2) is 60.7 Å². The Balaban J connectivity index is 0.00000420. The molecule has 12 heteroatoms. The van der Waals surface area contributed by atoms with Crippen LogP contribution in [0.25, 0.3) is 10.9 Å². The van der Waals surface area contributed by atoms with E-state index in [9.17, 15) is 4.79 Å². The Morgan fingerprint density at radius 1 is 1.23 bits per heavy atom. The van der Waals surface area contributed by atoms with Gasteiger partial charge >= 0.3 is 0 Å². The lowest BCUT2D eigenvalue weighted by Gasteiger charge is -2.42. The fraction of sp³-hybridized carbons (Fsp3) is 0.407. The highest BCUT2D eigenvalue weighted by molar-refractivity contribution is 5.92. The Hall–Kier alpha value is -3.88. The predicted octanol–water partition coefficient (Wildman–Crippen LogP) is 3.57. The van der Waals surface area contributed by atoms with Crippen molar-refractivity contribution in [3.8, 4) is 17.6 Å². The van der Waals surface area contributed by atoms with Crippen LogP contribution in [0.1, 0.15) is 43.4 Å². The van der Waals surface area contributed by atoms with Gasteiger partial charge in [0.05, 0.1) is 25.9 Å². The molecule has 1 amide bonds. The molecule has 39 heavy (non-hydrogen) atoms. The van der Waals surface area contributed by atoms with Crippen LogP contribution in [0.4, 0.5) is 16.2 Å². The lowest BCUT2D eigenvalue weighted by molar-refractivity contribution is -0.132. The van der Waals surface area contributed by atoms with Crippen LogP contribution in [0.2, 0.25) is 0 Å². The van der Waals surface area contributed by atoms with E-state index >= 15 is 4.39 Å². The molecule has 2 heterocycles. The molecule has 1 aliphatic heterocycles. The van der Waals surface area contributed by atoms with Crippen molar-refractivity contribution in [3.63, 3.8) is 0 Å². The van der Waals surface area contributed by atoms with Gasteiger partial charge in [-0.15, -0.1) is 12.4 Å². The summed E-state index contributed by atoms with van der Waals surface area (Å²) in [7, 11) is 2.78. The van der Waals surface area contributed by atoms with E-state index in [0.29, 0.717) is 36.5 Å². The fourth-order valence-electron chi connectivity index (χ4n) is 4.83. The number of amides is 1. The summed E-state index contributed by atoms with van der Waals surface area (Å²) in [5.74, 6) is -0.133. The number of hydrogen-bond donors (Lipinski definition) is 2. The van der Waals surface area contributed by atoms with E-state index in [1.54, 1.807) is 35.2 Å². The zero-order chi connectivity index (χ0) is 27.4. The van der Waals surface area contributed by atoms with Crippen molar-refractivity contribution in [2.75, 3.05) is 44.5 Å². The largest absolute Gasteiger partial charge is 0.493 e. The van der Waals surface area contributed by atoms with Crippen LogP contribution in [0, 0.1) is 17.1 Å². The molecule has 1 aromatic heterocycles. The van der Waals surface area contributed by atoms with Gasteiger partial charge in [-0.05, 0) is 30.2 Å². The maximum absolute atomic E-state index is 15.3. The minimum absolute atomic E-state index is 0. The number of nitrogens with zero attached hydrogens (tertiary/aromatic N) is 5. The summed E-state index contributed by atoms with van der Waals surface area (Å²) in [6.45, 7) is 3.42. The Labute approximate surface area is 233 Å². The Morgan fingerprint density at radius 3 is 2.56 bits per heavy atom. The number of carbonyl (C=O) groups is 1. The smallest absolute Gasteiger partial charge is 0.228 e. The number of methoxy groups -OCH3 is 2. The zero-order valence-corrected chi connectivity index (χ0v) is 23.0. The van der Waals surface area contributed by atoms with Gasteiger partial charge in [-0.2, -0.15) is 10.2 Å². The van der Waals surface area contributed by atoms with Crippen molar-refractivity contribution in [3.05, 3.63) is 47.3 Å². The molecule has 2 aromatic carbocycles. The Bertz CT molecular complexity index is 1370. The van der Waals surface area contributed by atoms with Gasteiger partial charge in [0.1, 0.15) is 11.3 Å². The summed E-state index contributed by atoms with van der Waals surface area (Å²) < 4.78 is 25.7. The second-order valence-electron chi connectivity index (χ2n) is 9.25. The lowest BCUT2D eigenvalue weighted by Crippen LogP contribution is -2.55. The number of rotatable bonds is 8. The quantitative estimate of drug-likeness (QED) is 0.424. The average molecular weight is 558 g/mol. The molecule has 10 nitrogen and oxygen atoms in total. The molecule has 1 saturated heterocycles. The number of anilines is 2. The number of piperazine rings is 1.